The Bertz CT molecular complexity index is 573. The normalized spacial score (nSPS) is 11.8. The van der Waals surface area contributed by atoms with Crippen LogP contribution in [0.2, 0.25) is 0 Å². The topological polar surface area (TPSA) is 33.6 Å². The molecule has 0 unspecified atom stereocenters. The van der Waals surface area contributed by atoms with Crippen molar-refractivity contribution in [1.82, 2.24) is 5.32 Å². The molecule has 0 aliphatic carbocycles. The van der Waals surface area contributed by atoms with Gasteiger partial charge in [0.2, 0.25) is 0 Å². The Labute approximate surface area is 204 Å². The highest BCUT2D eigenvalue weighted by atomic mass is 19.1. The minimum Gasteiger partial charge on any atom is -0.399 e. The summed E-state index contributed by atoms with van der Waals surface area (Å²) in [4.78, 5) is 4.96. The Kier molecular flexibility index (Phi) is 20.1. The number of hydrogen-bond donors (Lipinski definition) is 1. The molecule has 0 spiro atoms. The number of nitrogens with one attached hydrogen (secondary N) is 1. The van der Waals surface area contributed by atoms with Gasteiger partial charge in [-0.25, -0.2) is 4.39 Å². The van der Waals surface area contributed by atoms with E-state index in [9.17, 15) is 4.39 Å². The molecule has 0 aliphatic heterocycles. The summed E-state index contributed by atoms with van der Waals surface area (Å²) < 4.78 is 13.1. The minimum atomic E-state index is -0.226. The highest BCUT2D eigenvalue weighted by Gasteiger charge is 2.05. The van der Waals surface area contributed by atoms with E-state index in [2.05, 4.69) is 17.4 Å². The van der Waals surface area contributed by atoms with E-state index in [1.807, 2.05) is 0 Å². The van der Waals surface area contributed by atoms with Gasteiger partial charge >= 0.3 is 0 Å². The molecular weight excluding hydrogens is 411 g/mol. The molecule has 0 atom stereocenters. The van der Waals surface area contributed by atoms with Crippen LogP contribution in [-0.4, -0.2) is 25.9 Å². The van der Waals surface area contributed by atoms with Crippen molar-refractivity contribution in [2.45, 2.75) is 122 Å². The number of rotatable bonds is 23. The average molecular weight is 463 g/mol. The van der Waals surface area contributed by atoms with E-state index in [0.717, 1.165) is 37.2 Å². The van der Waals surface area contributed by atoms with Crippen molar-refractivity contribution in [3.8, 4) is 0 Å². The molecule has 0 amide bonds. The van der Waals surface area contributed by atoms with Crippen molar-refractivity contribution in [2.75, 3.05) is 20.2 Å². The van der Waals surface area contributed by atoms with Crippen LogP contribution < -0.4 is 5.32 Å². The van der Waals surface area contributed by atoms with Gasteiger partial charge in [-0.3, -0.25) is 0 Å². The van der Waals surface area contributed by atoms with Gasteiger partial charge in [0.15, 0.2) is 0 Å². The van der Waals surface area contributed by atoms with Crippen molar-refractivity contribution < 1.29 is 9.23 Å². The van der Waals surface area contributed by atoms with Crippen LogP contribution in [0.15, 0.2) is 29.4 Å². The van der Waals surface area contributed by atoms with Gasteiger partial charge in [-0.15, -0.1) is 0 Å². The van der Waals surface area contributed by atoms with E-state index >= 15 is 0 Å². The van der Waals surface area contributed by atoms with E-state index < -0.39 is 0 Å². The summed E-state index contributed by atoms with van der Waals surface area (Å²) >= 11 is 0. The van der Waals surface area contributed by atoms with Crippen LogP contribution in [0.25, 0.3) is 0 Å². The first kappa shape index (κ1) is 29.6. The lowest BCUT2D eigenvalue weighted by Crippen LogP contribution is -2.17. The molecule has 1 rings (SSSR count). The molecule has 1 N–H and O–H groups in total. The van der Waals surface area contributed by atoms with E-state index in [1.54, 1.807) is 19.2 Å². The average Bonchev–Trinajstić information content (AvgIpc) is 2.82. The highest BCUT2D eigenvalue weighted by molar-refractivity contribution is 6.00. The maximum atomic E-state index is 13.1. The molecule has 0 saturated carbocycles. The second-order valence-corrected chi connectivity index (χ2v) is 9.38. The molecule has 0 heterocycles. The molecule has 33 heavy (non-hydrogen) atoms. The lowest BCUT2D eigenvalue weighted by molar-refractivity contribution is 0.212. The third kappa shape index (κ3) is 17.7. The zero-order valence-corrected chi connectivity index (χ0v) is 21.7. The fraction of sp³-hybridized carbons (Fsp3) is 0.759. The molecule has 0 bridgehead atoms. The Balaban J connectivity index is 1.84. The van der Waals surface area contributed by atoms with Crippen LogP contribution >= 0.6 is 0 Å². The predicted molar refractivity (Wildman–Crippen MR) is 142 cm³/mol. The quantitative estimate of drug-likeness (QED) is 0.100. The first-order valence-corrected chi connectivity index (χ1v) is 13.8. The minimum absolute atomic E-state index is 0.226. The Morgan fingerprint density at radius 2 is 1.15 bits per heavy atom. The molecule has 4 heteroatoms. The van der Waals surface area contributed by atoms with Gasteiger partial charge in [0.05, 0.1) is 5.71 Å². The number of hydrogen-bond acceptors (Lipinski definition) is 3. The van der Waals surface area contributed by atoms with Gasteiger partial charge in [0.25, 0.3) is 0 Å². The number of oxime groups is 1. The van der Waals surface area contributed by atoms with E-state index in [4.69, 9.17) is 4.84 Å². The number of unbranched alkanes of at least 4 members (excludes halogenated alkanes) is 15. The molecule has 3 nitrogen and oxygen atoms in total. The summed E-state index contributed by atoms with van der Waals surface area (Å²) in [7, 11) is 1.55. The SMILES string of the molecule is CCCCCCCCCCCCCCCCCCNCCC/C(=N/OC)c1ccc(F)cc1. The maximum Gasteiger partial charge on any atom is 0.123 e. The van der Waals surface area contributed by atoms with Crippen LogP contribution in [0, 0.1) is 5.82 Å². The van der Waals surface area contributed by atoms with E-state index in [0.29, 0.717) is 0 Å². The lowest BCUT2D eigenvalue weighted by Gasteiger charge is -2.08. The van der Waals surface area contributed by atoms with Crippen LogP contribution in [0.1, 0.15) is 128 Å². The van der Waals surface area contributed by atoms with Crippen molar-refractivity contribution in [1.29, 1.82) is 0 Å². The van der Waals surface area contributed by atoms with Crippen molar-refractivity contribution >= 4 is 5.71 Å². The zero-order chi connectivity index (χ0) is 23.8. The fourth-order valence-corrected chi connectivity index (χ4v) is 4.30. The summed E-state index contributed by atoms with van der Waals surface area (Å²) in [6, 6.07) is 6.46. The molecular formula is C29H51FN2O. The van der Waals surface area contributed by atoms with Gasteiger partial charge in [-0.05, 0) is 50.0 Å². The Morgan fingerprint density at radius 1 is 0.697 bits per heavy atom. The molecule has 0 radical (unpaired) electrons. The van der Waals surface area contributed by atoms with Gasteiger partial charge in [-0.1, -0.05) is 121 Å². The Morgan fingerprint density at radius 3 is 1.64 bits per heavy atom. The molecule has 0 aromatic heterocycles. The number of benzene rings is 1. The van der Waals surface area contributed by atoms with Crippen LogP contribution in [0.3, 0.4) is 0 Å². The standard InChI is InChI=1S/C29H51FN2O/c1-3-4-5-6-7-8-9-10-11-12-13-14-15-16-17-18-25-31-26-19-20-29(32-33-2)27-21-23-28(30)24-22-27/h21-24,31H,3-20,25-26H2,1-2H3/b32-29-. The molecule has 1 aromatic rings. The smallest absolute Gasteiger partial charge is 0.123 e. The van der Waals surface area contributed by atoms with Gasteiger partial charge in [-0.2, -0.15) is 0 Å². The van der Waals surface area contributed by atoms with Crippen molar-refractivity contribution in [2.24, 2.45) is 5.16 Å². The second kappa shape index (κ2) is 22.4. The second-order valence-electron chi connectivity index (χ2n) is 9.38. The molecule has 1 aromatic carbocycles. The van der Waals surface area contributed by atoms with Crippen LogP contribution in [-0.2, 0) is 4.84 Å². The number of nitrogens with zero attached hydrogens (tertiary/aromatic N) is 1. The van der Waals surface area contributed by atoms with Crippen molar-refractivity contribution in [3.05, 3.63) is 35.6 Å². The van der Waals surface area contributed by atoms with E-state index in [-0.39, 0.29) is 5.82 Å². The zero-order valence-electron chi connectivity index (χ0n) is 21.7. The maximum absolute atomic E-state index is 13.1. The predicted octanol–water partition coefficient (Wildman–Crippen LogP) is 8.81. The summed E-state index contributed by atoms with van der Waals surface area (Å²) in [5.74, 6) is -0.226. The van der Waals surface area contributed by atoms with E-state index in [1.165, 1.54) is 115 Å². The van der Waals surface area contributed by atoms with Gasteiger partial charge < -0.3 is 10.2 Å². The lowest BCUT2D eigenvalue weighted by atomic mass is 10.0. The van der Waals surface area contributed by atoms with Crippen LogP contribution in [0.4, 0.5) is 4.39 Å². The summed E-state index contributed by atoms with van der Waals surface area (Å²) in [5.41, 5.74) is 1.80. The van der Waals surface area contributed by atoms with Gasteiger partial charge in [0.1, 0.15) is 12.9 Å². The van der Waals surface area contributed by atoms with Crippen LogP contribution in [0.5, 0.6) is 0 Å². The number of halogens is 1. The largest absolute Gasteiger partial charge is 0.399 e. The third-order valence-corrected chi connectivity index (χ3v) is 6.35. The molecule has 0 aliphatic rings. The third-order valence-electron chi connectivity index (χ3n) is 6.35. The molecule has 190 valence electrons. The van der Waals surface area contributed by atoms with Gasteiger partial charge in [0, 0.05) is 0 Å². The summed E-state index contributed by atoms with van der Waals surface area (Å²) in [5, 5.41) is 7.65. The molecule has 0 saturated heterocycles. The first-order valence-electron chi connectivity index (χ1n) is 13.8. The van der Waals surface area contributed by atoms with Crippen molar-refractivity contribution in [3.63, 3.8) is 0 Å². The fourth-order valence-electron chi connectivity index (χ4n) is 4.30. The first-order chi connectivity index (χ1) is 16.3. The monoisotopic (exact) mass is 462 g/mol. The molecule has 0 fully saturated rings. The Hall–Kier alpha value is -1.42. The highest BCUT2D eigenvalue weighted by Crippen LogP contribution is 2.14. The summed E-state index contributed by atoms with van der Waals surface area (Å²) in [6.07, 6.45) is 24.4. The summed E-state index contributed by atoms with van der Waals surface area (Å²) in [6.45, 7) is 4.35.